The third-order valence-corrected chi connectivity index (χ3v) is 3.79. The average molecular weight is 359 g/mol. The Bertz CT molecular complexity index is 963. The zero-order valence-electron chi connectivity index (χ0n) is 14.1. The first-order chi connectivity index (χ1) is 12.6. The normalized spacial score (nSPS) is 10.7. The molecule has 0 unspecified atom stereocenters. The minimum absolute atomic E-state index is 0.160. The first kappa shape index (κ1) is 17.5. The van der Waals surface area contributed by atoms with Crippen LogP contribution in [0, 0.1) is 5.82 Å². The summed E-state index contributed by atoms with van der Waals surface area (Å²) in [6.45, 7) is 0.412. The van der Waals surface area contributed by atoms with Gasteiger partial charge >= 0.3 is 5.69 Å². The van der Waals surface area contributed by atoms with E-state index in [0.717, 1.165) is 5.75 Å². The quantitative estimate of drug-likeness (QED) is 0.629. The molecule has 1 heterocycles. The molecule has 0 bridgehead atoms. The second-order valence-electron chi connectivity index (χ2n) is 5.55. The molecule has 0 fully saturated rings. The van der Waals surface area contributed by atoms with E-state index >= 15 is 0 Å². The predicted octanol–water partition coefficient (Wildman–Crippen LogP) is 1.67. The molecule has 0 aliphatic carbocycles. The van der Waals surface area contributed by atoms with Crippen molar-refractivity contribution in [2.45, 2.75) is 6.54 Å². The smallest absolute Gasteiger partial charge is 0.326 e. The molecule has 136 valence electrons. The maximum absolute atomic E-state index is 13.2. The number of imidazole rings is 1. The standard InChI is InChI=1S/C18H18FN3O4/c1-25-13-3-5-14(6-4-13)26-9-8-20-17(23)11-22-16-7-2-12(19)10-15(16)21-18(22)24/h2-7,10H,8-9,11H2,1H3,(H,20,23)(H,21,24). The molecule has 0 spiro atoms. The molecule has 0 aliphatic rings. The monoisotopic (exact) mass is 359 g/mol. The third kappa shape index (κ3) is 4.02. The number of amides is 1. The fraction of sp³-hybridized carbons (Fsp3) is 0.222. The number of hydrogen-bond donors (Lipinski definition) is 2. The highest BCUT2D eigenvalue weighted by atomic mass is 19.1. The van der Waals surface area contributed by atoms with Gasteiger partial charge < -0.3 is 19.8 Å². The van der Waals surface area contributed by atoms with E-state index in [1.54, 1.807) is 31.4 Å². The van der Waals surface area contributed by atoms with Gasteiger partial charge in [-0.1, -0.05) is 0 Å². The van der Waals surface area contributed by atoms with Gasteiger partial charge in [0.2, 0.25) is 5.91 Å². The third-order valence-electron chi connectivity index (χ3n) is 3.79. The van der Waals surface area contributed by atoms with Gasteiger partial charge in [0, 0.05) is 0 Å². The number of methoxy groups -OCH3 is 1. The van der Waals surface area contributed by atoms with Crippen LogP contribution in [0.5, 0.6) is 11.5 Å². The minimum atomic E-state index is -0.463. The van der Waals surface area contributed by atoms with Crippen molar-refractivity contribution in [1.29, 1.82) is 0 Å². The zero-order chi connectivity index (χ0) is 18.5. The maximum Gasteiger partial charge on any atom is 0.326 e. The molecular formula is C18H18FN3O4. The molecule has 1 amide bonds. The van der Waals surface area contributed by atoms with Crippen LogP contribution in [0.1, 0.15) is 0 Å². The molecule has 0 radical (unpaired) electrons. The molecule has 0 saturated carbocycles. The van der Waals surface area contributed by atoms with Gasteiger partial charge in [-0.05, 0) is 42.5 Å². The number of nitrogens with one attached hydrogen (secondary N) is 2. The number of aromatic nitrogens is 2. The van der Waals surface area contributed by atoms with Crippen LogP contribution in [0.25, 0.3) is 11.0 Å². The Morgan fingerprint density at radius 1 is 1.19 bits per heavy atom. The van der Waals surface area contributed by atoms with Crippen LogP contribution in [0.15, 0.2) is 47.3 Å². The predicted molar refractivity (Wildman–Crippen MR) is 94.0 cm³/mol. The molecular weight excluding hydrogens is 341 g/mol. The van der Waals surface area contributed by atoms with Crippen molar-refractivity contribution in [3.05, 3.63) is 58.8 Å². The van der Waals surface area contributed by atoms with Crippen molar-refractivity contribution in [2.24, 2.45) is 0 Å². The van der Waals surface area contributed by atoms with Crippen LogP contribution in [0.2, 0.25) is 0 Å². The lowest BCUT2D eigenvalue weighted by molar-refractivity contribution is -0.121. The number of benzene rings is 2. The van der Waals surface area contributed by atoms with Crippen LogP contribution in [0.4, 0.5) is 4.39 Å². The molecule has 26 heavy (non-hydrogen) atoms. The topological polar surface area (TPSA) is 85.3 Å². The van der Waals surface area contributed by atoms with Gasteiger partial charge in [0.1, 0.15) is 30.5 Å². The molecule has 0 aliphatic heterocycles. The number of ether oxygens (including phenoxy) is 2. The van der Waals surface area contributed by atoms with Gasteiger partial charge in [-0.15, -0.1) is 0 Å². The molecule has 3 rings (SSSR count). The second kappa shape index (κ2) is 7.73. The SMILES string of the molecule is COc1ccc(OCCNC(=O)Cn2c(=O)[nH]c3cc(F)ccc32)cc1. The van der Waals surface area contributed by atoms with E-state index in [0.29, 0.717) is 16.8 Å². The highest BCUT2D eigenvalue weighted by Crippen LogP contribution is 2.16. The van der Waals surface area contributed by atoms with E-state index in [1.807, 2.05) is 0 Å². The molecule has 8 heteroatoms. The number of halogens is 1. The van der Waals surface area contributed by atoms with Gasteiger partial charge in [0.25, 0.3) is 0 Å². The van der Waals surface area contributed by atoms with E-state index in [-0.39, 0.29) is 25.6 Å². The summed E-state index contributed by atoms with van der Waals surface area (Å²) in [7, 11) is 1.58. The van der Waals surface area contributed by atoms with Crippen LogP contribution in [-0.4, -0.2) is 35.7 Å². The Kier molecular flexibility index (Phi) is 5.21. The number of carbonyl (C=O) groups excluding carboxylic acids is 1. The lowest BCUT2D eigenvalue weighted by Gasteiger charge is -2.09. The molecule has 1 aromatic heterocycles. The van der Waals surface area contributed by atoms with Crippen molar-refractivity contribution in [3.63, 3.8) is 0 Å². The summed E-state index contributed by atoms with van der Waals surface area (Å²) < 4.78 is 25.0. The summed E-state index contributed by atoms with van der Waals surface area (Å²) in [6.07, 6.45) is 0. The minimum Gasteiger partial charge on any atom is -0.497 e. The van der Waals surface area contributed by atoms with Crippen molar-refractivity contribution in [1.82, 2.24) is 14.9 Å². The van der Waals surface area contributed by atoms with Crippen molar-refractivity contribution in [2.75, 3.05) is 20.3 Å². The number of hydrogen-bond acceptors (Lipinski definition) is 4. The molecule has 3 aromatic rings. The maximum atomic E-state index is 13.2. The van der Waals surface area contributed by atoms with Gasteiger partial charge in [0.05, 0.1) is 24.7 Å². The number of fused-ring (bicyclic) bond motifs is 1. The largest absolute Gasteiger partial charge is 0.497 e. The molecule has 2 aromatic carbocycles. The number of H-pyrrole nitrogens is 1. The van der Waals surface area contributed by atoms with E-state index in [4.69, 9.17) is 9.47 Å². The zero-order valence-corrected chi connectivity index (χ0v) is 14.1. The van der Waals surface area contributed by atoms with Crippen LogP contribution in [-0.2, 0) is 11.3 Å². The van der Waals surface area contributed by atoms with E-state index in [2.05, 4.69) is 10.3 Å². The van der Waals surface area contributed by atoms with Gasteiger partial charge in [-0.3, -0.25) is 9.36 Å². The lowest BCUT2D eigenvalue weighted by atomic mass is 10.3. The van der Waals surface area contributed by atoms with Gasteiger partial charge in [-0.2, -0.15) is 0 Å². The second-order valence-corrected chi connectivity index (χ2v) is 5.55. The fourth-order valence-corrected chi connectivity index (χ4v) is 2.52. The summed E-state index contributed by atoms with van der Waals surface area (Å²) >= 11 is 0. The summed E-state index contributed by atoms with van der Waals surface area (Å²) in [5, 5.41) is 2.68. The fourth-order valence-electron chi connectivity index (χ4n) is 2.52. The number of aromatic amines is 1. The Labute approximate surface area is 148 Å². The Balaban J connectivity index is 1.51. The van der Waals surface area contributed by atoms with Crippen molar-refractivity contribution in [3.8, 4) is 11.5 Å². The Hall–Kier alpha value is -3.29. The number of rotatable bonds is 7. The summed E-state index contributed by atoms with van der Waals surface area (Å²) in [6, 6.07) is 11.0. The Morgan fingerprint density at radius 2 is 1.92 bits per heavy atom. The first-order valence-corrected chi connectivity index (χ1v) is 7.98. The van der Waals surface area contributed by atoms with Crippen molar-refractivity contribution >= 4 is 16.9 Å². The summed E-state index contributed by atoms with van der Waals surface area (Å²) in [5.41, 5.74) is 0.363. The highest BCUT2D eigenvalue weighted by molar-refractivity contribution is 5.80. The van der Waals surface area contributed by atoms with Crippen LogP contribution < -0.4 is 20.5 Å². The molecule has 0 saturated heterocycles. The Morgan fingerprint density at radius 3 is 2.65 bits per heavy atom. The van der Waals surface area contributed by atoms with E-state index in [9.17, 15) is 14.0 Å². The number of carbonyl (C=O) groups is 1. The van der Waals surface area contributed by atoms with Gasteiger partial charge in [-0.25, -0.2) is 9.18 Å². The highest BCUT2D eigenvalue weighted by Gasteiger charge is 2.11. The first-order valence-electron chi connectivity index (χ1n) is 7.98. The van der Waals surface area contributed by atoms with E-state index in [1.165, 1.54) is 22.8 Å². The summed E-state index contributed by atoms with van der Waals surface area (Å²) in [4.78, 5) is 26.5. The van der Waals surface area contributed by atoms with E-state index < -0.39 is 11.5 Å². The van der Waals surface area contributed by atoms with Gasteiger partial charge in [0.15, 0.2) is 0 Å². The average Bonchev–Trinajstić information content (AvgIpc) is 2.93. The van der Waals surface area contributed by atoms with Crippen LogP contribution >= 0.6 is 0 Å². The van der Waals surface area contributed by atoms with Crippen LogP contribution in [0.3, 0.4) is 0 Å². The van der Waals surface area contributed by atoms with Crippen molar-refractivity contribution < 1.29 is 18.7 Å². The molecule has 7 nitrogen and oxygen atoms in total. The summed E-state index contributed by atoms with van der Waals surface area (Å²) in [5.74, 6) is 0.603. The molecule has 2 N–H and O–H groups in total. The lowest BCUT2D eigenvalue weighted by Crippen LogP contribution is -2.33. The number of nitrogens with zero attached hydrogens (tertiary/aromatic N) is 1. The molecule has 0 atom stereocenters.